The van der Waals surface area contributed by atoms with Crippen LogP contribution < -0.4 is 0 Å². The van der Waals surface area contributed by atoms with Crippen molar-refractivity contribution in [3.63, 3.8) is 0 Å². The Hall–Kier alpha value is -2.07. The second kappa shape index (κ2) is 8.86. The van der Waals surface area contributed by atoms with Gasteiger partial charge in [-0.15, -0.1) is 10.2 Å². The standard InChI is InChI=1S/C21H25N3S/c1-17(2)15-16-25-21-23-22-20(14-13-18-9-5-3-6-10-18)24(21)19-11-7-4-8-12-19/h3-12,17H,13-16H2,1-2H3. The summed E-state index contributed by atoms with van der Waals surface area (Å²) >= 11 is 1.80. The van der Waals surface area contributed by atoms with Gasteiger partial charge in [0.1, 0.15) is 5.82 Å². The molecule has 0 aliphatic rings. The highest BCUT2D eigenvalue weighted by Gasteiger charge is 2.14. The number of para-hydroxylation sites is 1. The lowest BCUT2D eigenvalue weighted by atomic mass is 10.1. The van der Waals surface area contributed by atoms with E-state index in [4.69, 9.17) is 0 Å². The van der Waals surface area contributed by atoms with Gasteiger partial charge in [0.25, 0.3) is 0 Å². The zero-order valence-corrected chi connectivity index (χ0v) is 15.7. The van der Waals surface area contributed by atoms with Crippen molar-refractivity contribution in [2.75, 3.05) is 5.75 Å². The molecule has 0 fully saturated rings. The van der Waals surface area contributed by atoms with Crippen LogP contribution in [-0.2, 0) is 12.8 Å². The second-order valence-corrected chi connectivity index (χ2v) is 7.65. The molecule has 0 unspecified atom stereocenters. The van der Waals surface area contributed by atoms with Crippen molar-refractivity contribution in [3.8, 4) is 5.69 Å². The molecule has 3 nitrogen and oxygen atoms in total. The number of hydrogen-bond acceptors (Lipinski definition) is 3. The van der Waals surface area contributed by atoms with E-state index in [1.807, 2.05) is 6.07 Å². The Balaban J connectivity index is 1.80. The molecule has 0 saturated carbocycles. The molecule has 0 N–H and O–H groups in total. The molecule has 25 heavy (non-hydrogen) atoms. The summed E-state index contributed by atoms with van der Waals surface area (Å²) in [4.78, 5) is 0. The van der Waals surface area contributed by atoms with E-state index in [1.54, 1.807) is 11.8 Å². The van der Waals surface area contributed by atoms with E-state index in [1.165, 1.54) is 12.0 Å². The van der Waals surface area contributed by atoms with Crippen LogP contribution in [0.5, 0.6) is 0 Å². The maximum atomic E-state index is 4.50. The normalized spacial score (nSPS) is 11.2. The summed E-state index contributed by atoms with van der Waals surface area (Å²) in [6.07, 6.45) is 3.05. The fourth-order valence-corrected chi connectivity index (χ4v) is 3.89. The highest BCUT2D eigenvalue weighted by atomic mass is 32.2. The van der Waals surface area contributed by atoms with Crippen molar-refractivity contribution in [2.24, 2.45) is 5.92 Å². The quantitative estimate of drug-likeness (QED) is 0.523. The van der Waals surface area contributed by atoms with E-state index in [9.17, 15) is 0 Å². The van der Waals surface area contributed by atoms with Gasteiger partial charge in [-0.05, 0) is 36.5 Å². The Labute approximate surface area is 154 Å². The van der Waals surface area contributed by atoms with Crippen LogP contribution in [0.3, 0.4) is 0 Å². The third-order valence-electron chi connectivity index (χ3n) is 4.12. The van der Waals surface area contributed by atoms with E-state index >= 15 is 0 Å². The molecule has 0 aliphatic carbocycles. The van der Waals surface area contributed by atoms with E-state index in [2.05, 4.69) is 83.2 Å². The molecule has 0 aliphatic heterocycles. The minimum Gasteiger partial charge on any atom is -0.274 e. The van der Waals surface area contributed by atoms with Gasteiger partial charge >= 0.3 is 0 Å². The Bertz CT molecular complexity index is 766. The molecular formula is C21H25N3S. The SMILES string of the molecule is CC(C)CCSc1nnc(CCc2ccccc2)n1-c1ccccc1. The number of thioether (sulfide) groups is 1. The molecule has 0 saturated heterocycles. The first-order valence-electron chi connectivity index (χ1n) is 8.90. The topological polar surface area (TPSA) is 30.7 Å². The number of hydrogen-bond donors (Lipinski definition) is 0. The highest BCUT2D eigenvalue weighted by molar-refractivity contribution is 7.99. The molecule has 0 atom stereocenters. The van der Waals surface area contributed by atoms with E-state index in [0.717, 1.165) is 35.3 Å². The summed E-state index contributed by atoms with van der Waals surface area (Å²) in [6, 6.07) is 21.0. The van der Waals surface area contributed by atoms with Crippen molar-refractivity contribution in [3.05, 3.63) is 72.1 Å². The summed E-state index contributed by atoms with van der Waals surface area (Å²) < 4.78 is 2.22. The van der Waals surface area contributed by atoms with Gasteiger partial charge in [0, 0.05) is 17.9 Å². The molecule has 1 aromatic heterocycles. The molecule has 3 rings (SSSR count). The molecule has 4 heteroatoms. The van der Waals surface area contributed by atoms with Gasteiger partial charge < -0.3 is 0 Å². The lowest BCUT2D eigenvalue weighted by Crippen LogP contribution is -2.05. The average molecular weight is 352 g/mol. The Kier molecular flexibility index (Phi) is 6.29. The monoisotopic (exact) mass is 351 g/mol. The molecular weight excluding hydrogens is 326 g/mol. The van der Waals surface area contributed by atoms with Gasteiger partial charge in [-0.2, -0.15) is 0 Å². The van der Waals surface area contributed by atoms with Crippen LogP contribution in [0.4, 0.5) is 0 Å². The number of aromatic nitrogens is 3. The fraction of sp³-hybridized carbons (Fsp3) is 0.333. The van der Waals surface area contributed by atoms with E-state index < -0.39 is 0 Å². The van der Waals surface area contributed by atoms with Crippen LogP contribution in [0.1, 0.15) is 31.7 Å². The fourth-order valence-electron chi connectivity index (χ4n) is 2.68. The second-order valence-electron chi connectivity index (χ2n) is 6.59. The minimum absolute atomic E-state index is 0.707. The Morgan fingerprint density at radius 1 is 0.880 bits per heavy atom. The zero-order valence-electron chi connectivity index (χ0n) is 14.9. The van der Waals surface area contributed by atoms with Crippen molar-refractivity contribution < 1.29 is 0 Å². The molecule has 2 aromatic carbocycles. The largest absolute Gasteiger partial charge is 0.274 e. The summed E-state index contributed by atoms with van der Waals surface area (Å²) in [5, 5.41) is 9.97. The van der Waals surface area contributed by atoms with Crippen LogP contribution in [0, 0.1) is 5.92 Å². The van der Waals surface area contributed by atoms with Gasteiger partial charge in [-0.3, -0.25) is 4.57 Å². The predicted molar refractivity (Wildman–Crippen MR) is 105 cm³/mol. The Morgan fingerprint density at radius 3 is 2.24 bits per heavy atom. The lowest BCUT2D eigenvalue weighted by molar-refractivity contribution is 0.631. The lowest BCUT2D eigenvalue weighted by Gasteiger charge is -2.10. The van der Waals surface area contributed by atoms with Crippen LogP contribution >= 0.6 is 11.8 Å². The van der Waals surface area contributed by atoms with Crippen LogP contribution in [0.15, 0.2) is 65.8 Å². The first-order valence-corrected chi connectivity index (χ1v) is 9.89. The van der Waals surface area contributed by atoms with Crippen molar-refractivity contribution >= 4 is 11.8 Å². The zero-order chi connectivity index (χ0) is 17.5. The number of nitrogens with zero attached hydrogens (tertiary/aromatic N) is 3. The van der Waals surface area contributed by atoms with E-state index in [0.29, 0.717) is 5.92 Å². The van der Waals surface area contributed by atoms with Crippen molar-refractivity contribution in [1.82, 2.24) is 14.8 Å². The maximum Gasteiger partial charge on any atom is 0.195 e. The number of rotatable bonds is 8. The summed E-state index contributed by atoms with van der Waals surface area (Å²) in [5.41, 5.74) is 2.47. The molecule has 0 radical (unpaired) electrons. The van der Waals surface area contributed by atoms with Gasteiger partial charge in [-0.1, -0.05) is 74.1 Å². The molecule has 1 heterocycles. The number of benzene rings is 2. The third kappa shape index (κ3) is 4.95. The molecule has 0 bridgehead atoms. The summed E-state index contributed by atoms with van der Waals surface area (Å²) in [6.45, 7) is 4.52. The molecule has 130 valence electrons. The van der Waals surface area contributed by atoms with Crippen LogP contribution in [0.25, 0.3) is 5.69 Å². The van der Waals surface area contributed by atoms with Gasteiger partial charge in [0.2, 0.25) is 0 Å². The number of aryl methyl sites for hydroxylation is 2. The van der Waals surface area contributed by atoms with Gasteiger partial charge in [0.05, 0.1) is 0 Å². The van der Waals surface area contributed by atoms with E-state index in [-0.39, 0.29) is 0 Å². The minimum atomic E-state index is 0.707. The predicted octanol–water partition coefficient (Wildman–Crippen LogP) is 5.19. The summed E-state index contributed by atoms with van der Waals surface area (Å²) in [5.74, 6) is 2.81. The van der Waals surface area contributed by atoms with Crippen molar-refractivity contribution in [1.29, 1.82) is 0 Å². The molecule has 3 aromatic rings. The first-order chi connectivity index (χ1) is 12.2. The smallest absolute Gasteiger partial charge is 0.195 e. The maximum absolute atomic E-state index is 4.50. The first kappa shape index (κ1) is 17.7. The van der Waals surface area contributed by atoms with Crippen LogP contribution in [-0.4, -0.2) is 20.5 Å². The highest BCUT2D eigenvalue weighted by Crippen LogP contribution is 2.24. The molecule has 0 spiro atoms. The Morgan fingerprint density at radius 2 is 1.56 bits per heavy atom. The molecule has 0 amide bonds. The van der Waals surface area contributed by atoms with Gasteiger partial charge in [-0.25, -0.2) is 0 Å². The van der Waals surface area contributed by atoms with Crippen LogP contribution in [0.2, 0.25) is 0 Å². The van der Waals surface area contributed by atoms with Crippen molar-refractivity contribution in [2.45, 2.75) is 38.3 Å². The average Bonchev–Trinajstić information content (AvgIpc) is 3.04. The summed E-state index contributed by atoms with van der Waals surface area (Å²) in [7, 11) is 0. The third-order valence-corrected chi connectivity index (χ3v) is 5.08. The van der Waals surface area contributed by atoms with Gasteiger partial charge in [0.15, 0.2) is 5.16 Å².